The standard InChI is InChI=1S/C10H12FNO5/c11-7-2-9(15)8(1-6(7)10(16)17)12-3-5(14)4-13/h1-2,5,12-15H,3-4H2,(H,16,17). The number of carboxylic acid groups (broad SMARTS) is 1. The first-order valence-electron chi connectivity index (χ1n) is 4.74. The number of benzene rings is 1. The van der Waals surface area contributed by atoms with Crippen LogP contribution in [0.15, 0.2) is 12.1 Å². The molecule has 1 aromatic rings. The van der Waals surface area contributed by atoms with E-state index in [2.05, 4.69) is 5.32 Å². The summed E-state index contributed by atoms with van der Waals surface area (Å²) < 4.78 is 13.1. The fourth-order valence-corrected chi connectivity index (χ4v) is 1.16. The molecule has 1 unspecified atom stereocenters. The quantitative estimate of drug-likeness (QED) is 0.467. The van der Waals surface area contributed by atoms with Gasteiger partial charge in [0.25, 0.3) is 0 Å². The van der Waals surface area contributed by atoms with Crippen molar-refractivity contribution in [2.45, 2.75) is 6.10 Å². The molecule has 5 N–H and O–H groups in total. The Morgan fingerprint density at radius 1 is 1.47 bits per heavy atom. The number of aromatic hydroxyl groups is 1. The normalized spacial score (nSPS) is 12.2. The maximum absolute atomic E-state index is 13.1. The summed E-state index contributed by atoms with van der Waals surface area (Å²) in [6.45, 7) is -0.588. The third kappa shape index (κ3) is 3.30. The molecule has 0 aliphatic rings. The topological polar surface area (TPSA) is 110 Å². The third-order valence-corrected chi connectivity index (χ3v) is 2.05. The number of anilines is 1. The average molecular weight is 245 g/mol. The van der Waals surface area contributed by atoms with Gasteiger partial charge in [0.15, 0.2) is 0 Å². The van der Waals surface area contributed by atoms with Crippen molar-refractivity contribution in [3.8, 4) is 5.75 Å². The molecule has 1 atom stereocenters. The Morgan fingerprint density at radius 2 is 2.12 bits per heavy atom. The summed E-state index contributed by atoms with van der Waals surface area (Å²) in [5.74, 6) is -2.99. The molecule has 0 bridgehead atoms. The largest absolute Gasteiger partial charge is 0.506 e. The van der Waals surface area contributed by atoms with Crippen LogP contribution >= 0.6 is 0 Å². The van der Waals surface area contributed by atoms with Gasteiger partial charge < -0.3 is 25.7 Å². The third-order valence-electron chi connectivity index (χ3n) is 2.05. The second-order valence-electron chi connectivity index (χ2n) is 3.37. The molecule has 0 amide bonds. The molecule has 0 fully saturated rings. The van der Waals surface area contributed by atoms with Crippen LogP contribution in [0.2, 0.25) is 0 Å². The first-order chi connectivity index (χ1) is 7.95. The monoisotopic (exact) mass is 245 g/mol. The first kappa shape index (κ1) is 13.2. The summed E-state index contributed by atoms with van der Waals surface area (Å²) in [4.78, 5) is 10.6. The molecule has 0 saturated carbocycles. The highest BCUT2D eigenvalue weighted by molar-refractivity contribution is 5.89. The molecule has 0 aliphatic carbocycles. The fourth-order valence-electron chi connectivity index (χ4n) is 1.16. The lowest BCUT2D eigenvalue weighted by atomic mass is 10.1. The van der Waals surface area contributed by atoms with Gasteiger partial charge in [-0.05, 0) is 6.07 Å². The van der Waals surface area contributed by atoms with E-state index in [0.717, 1.165) is 6.07 Å². The van der Waals surface area contributed by atoms with Crippen molar-refractivity contribution in [1.29, 1.82) is 0 Å². The molecule has 6 nitrogen and oxygen atoms in total. The van der Waals surface area contributed by atoms with Crippen molar-refractivity contribution in [2.75, 3.05) is 18.5 Å². The lowest BCUT2D eigenvalue weighted by Gasteiger charge is -2.12. The molecule has 0 aromatic heterocycles. The van der Waals surface area contributed by atoms with Crippen LogP contribution < -0.4 is 5.32 Å². The Hall–Kier alpha value is -1.86. The van der Waals surface area contributed by atoms with Gasteiger partial charge in [0, 0.05) is 12.6 Å². The van der Waals surface area contributed by atoms with Crippen LogP contribution in [0.5, 0.6) is 5.75 Å². The van der Waals surface area contributed by atoms with Gasteiger partial charge in [0.05, 0.1) is 24.0 Å². The van der Waals surface area contributed by atoms with Crippen LogP contribution in [0.25, 0.3) is 0 Å². The van der Waals surface area contributed by atoms with Gasteiger partial charge in [0.2, 0.25) is 0 Å². The molecule has 7 heteroatoms. The van der Waals surface area contributed by atoms with Crippen LogP contribution in [0.4, 0.5) is 10.1 Å². The van der Waals surface area contributed by atoms with Crippen LogP contribution in [0, 0.1) is 5.82 Å². The molecule has 1 rings (SSSR count). The van der Waals surface area contributed by atoms with Gasteiger partial charge in [-0.15, -0.1) is 0 Å². The predicted molar refractivity (Wildman–Crippen MR) is 56.6 cm³/mol. The minimum atomic E-state index is -1.46. The fraction of sp³-hybridized carbons (Fsp3) is 0.300. The molecule has 17 heavy (non-hydrogen) atoms. The molecular weight excluding hydrogens is 233 g/mol. The number of rotatable bonds is 5. The minimum absolute atomic E-state index is 0.0312. The maximum Gasteiger partial charge on any atom is 0.338 e. The Labute approximate surface area is 95.9 Å². The lowest BCUT2D eigenvalue weighted by Crippen LogP contribution is -2.23. The SMILES string of the molecule is O=C(O)c1cc(NCC(O)CO)c(O)cc1F. The van der Waals surface area contributed by atoms with Gasteiger partial charge in [-0.25, -0.2) is 9.18 Å². The van der Waals surface area contributed by atoms with Crippen LogP contribution in [-0.4, -0.2) is 45.7 Å². The van der Waals surface area contributed by atoms with E-state index in [4.69, 9.17) is 15.3 Å². The van der Waals surface area contributed by atoms with E-state index < -0.39 is 35.8 Å². The van der Waals surface area contributed by atoms with E-state index in [0.29, 0.717) is 6.07 Å². The van der Waals surface area contributed by atoms with Crippen molar-refractivity contribution in [3.05, 3.63) is 23.5 Å². The van der Waals surface area contributed by atoms with Gasteiger partial charge in [-0.3, -0.25) is 0 Å². The molecule has 94 valence electrons. The summed E-state index contributed by atoms with van der Waals surface area (Å²) in [6.07, 6.45) is -1.06. The average Bonchev–Trinajstić information content (AvgIpc) is 2.26. The second-order valence-corrected chi connectivity index (χ2v) is 3.37. The number of hydrogen-bond donors (Lipinski definition) is 5. The summed E-state index contributed by atoms with van der Waals surface area (Å²) >= 11 is 0. The number of nitrogens with one attached hydrogen (secondary N) is 1. The molecule has 0 spiro atoms. The molecule has 0 aliphatic heterocycles. The highest BCUT2D eigenvalue weighted by Crippen LogP contribution is 2.26. The van der Waals surface area contributed by atoms with E-state index in [-0.39, 0.29) is 12.2 Å². The minimum Gasteiger partial charge on any atom is -0.506 e. The smallest absolute Gasteiger partial charge is 0.338 e. The summed E-state index contributed by atoms with van der Waals surface area (Å²) in [6, 6.07) is 1.58. The van der Waals surface area contributed by atoms with Crippen LogP contribution in [0.1, 0.15) is 10.4 Å². The highest BCUT2D eigenvalue weighted by atomic mass is 19.1. The highest BCUT2D eigenvalue weighted by Gasteiger charge is 2.15. The number of carbonyl (C=O) groups is 1. The van der Waals surface area contributed by atoms with Crippen molar-refractivity contribution < 1.29 is 29.6 Å². The molecular formula is C10H12FNO5. The zero-order chi connectivity index (χ0) is 13.0. The number of aliphatic hydroxyl groups excluding tert-OH is 2. The van der Waals surface area contributed by atoms with E-state index in [1.54, 1.807) is 0 Å². The second kappa shape index (κ2) is 5.46. The summed E-state index contributed by atoms with van der Waals surface area (Å²) in [7, 11) is 0. The Balaban J connectivity index is 2.92. The van der Waals surface area contributed by atoms with E-state index in [1.807, 2.05) is 0 Å². The van der Waals surface area contributed by atoms with E-state index >= 15 is 0 Å². The van der Waals surface area contributed by atoms with Gasteiger partial charge in [0.1, 0.15) is 11.6 Å². The van der Waals surface area contributed by atoms with Gasteiger partial charge >= 0.3 is 5.97 Å². The zero-order valence-electron chi connectivity index (χ0n) is 8.72. The zero-order valence-corrected chi connectivity index (χ0v) is 8.72. The van der Waals surface area contributed by atoms with Crippen molar-refractivity contribution >= 4 is 11.7 Å². The van der Waals surface area contributed by atoms with Crippen molar-refractivity contribution in [2.24, 2.45) is 0 Å². The Bertz CT molecular complexity index is 423. The molecule has 0 heterocycles. The van der Waals surface area contributed by atoms with Crippen molar-refractivity contribution in [3.63, 3.8) is 0 Å². The molecule has 0 radical (unpaired) electrons. The number of hydrogen-bond acceptors (Lipinski definition) is 5. The van der Waals surface area contributed by atoms with Crippen molar-refractivity contribution in [1.82, 2.24) is 0 Å². The molecule has 1 aromatic carbocycles. The Kier molecular flexibility index (Phi) is 4.24. The van der Waals surface area contributed by atoms with Crippen LogP contribution in [-0.2, 0) is 0 Å². The number of aliphatic hydroxyl groups is 2. The number of halogens is 1. The van der Waals surface area contributed by atoms with E-state index in [9.17, 15) is 14.3 Å². The number of phenols is 1. The van der Waals surface area contributed by atoms with Gasteiger partial charge in [-0.1, -0.05) is 0 Å². The van der Waals surface area contributed by atoms with E-state index in [1.165, 1.54) is 0 Å². The Morgan fingerprint density at radius 3 is 2.65 bits per heavy atom. The summed E-state index contributed by atoms with van der Waals surface area (Å²) in [5.41, 5.74) is -0.625. The molecule has 0 saturated heterocycles. The summed E-state index contributed by atoms with van der Waals surface area (Å²) in [5, 5.41) is 38.1. The number of phenolic OH excluding ortho intramolecular Hbond substituents is 1. The number of carboxylic acids is 1. The lowest BCUT2D eigenvalue weighted by molar-refractivity contribution is 0.0692. The predicted octanol–water partition coefficient (Wildman–Crippen LogP) is -0.00540. The maximum atomic E-state index is 13.1. The van der Waals surface area contributed by atoms with Gasteiger partial charge in [-0.2, -0.15) is 0 Å². The number of aromatic carboxylic acids is 1. The first-order valence-corrected chi connectivity index (χ1v) is 4.74. The van der Waals surface area contributed by atoms with Crippen LogP contribution in [0.3, 0.4) is 0 Å².